The summed E-state index contributed by atoms with van der Waals surface area (Å²) < 4.78 is 37.6. The summed E-state index contributed by atoms with van der Waals surface area (Å²) in [7, 11) is 2.14. The Kier molecular flexibility index (Phi) is 6.44. The van der Waals surface area contributed by atoms with Crippen molar-refractivity contribution in [1.82, 2.24) is 4.90 Å². The third-order valence-corrected chi connectivity index (χ3v) is 4.14. The first kappa shape index (κ1) is 20.0. The number of nitrogens with zero attached hydrogens (tertiary/aromatic N) is 1. The maximum atomic E-state index is 10.6. The highest BCUT2D eigenvalue weighted by atomic mass is 19.4. The number of carboxylic acids is 1. The van der Waals surface area contributed by atoms with Crippen LogP contribution in [-0.2, 0) is 11.3 Å². The minimum Gasteiger partial charge on any atom is -0.475 e. The fraction of sp³-hybridized carbons (Fsp3) is 0.389. The smallest absolute Gasteiger partial charge is 0.475 e. The van der Waals surface area contributed by atoms with E-state index in [9.17, 15) is 13.2 Å². The molecule has 142 valence electrons. The number of carboxylic acid groups (broad SMARTS) is 1. The first-order valence-corrected chi connectivity index (χ1v) is 8.07. The Bertz CT molecular complexity index is 710. The van der Waals surface area contributed by atoms with Crippen LogP contribution in [0, 0.1) is 0 Å². The monoisotopic (exact) mass is 370 g/mol. The second-order valence-electron chi connectivity index (χ2n) is 6.24. The lowest BCUT2D eigenvalue weighted by Crippen LogP contribution is -2.48. The molecule has 1 fully saturated rings. The zero-order valence-corrected chi connectivity index (χ0v) is 14.2. The number of aliphatic carboxylic acids is 1. The van der Waals surface area contributed by atoms with Gasteiger partial charge in [0.25, 0.3) is 0 Å². The van der Waals surface area contributed by atoms with Gasteiger partial charge in [-0.3, -0.25) is 4.90 Å². The van der Waals surface area contributed by atoms with Gasteiger partial charge in [0.2, 0.25) is 0 Å². The SMILES string of the molecule is CN(Cc1ccc(-c2ccccc2)o1)C1CC(N)C1.O=C(O)C(F)(F)F. The Morgan fingerprint density at radius 1 is 1.23 bits per heavy atom. The van der Waals surface area contributed by atoms with Crippen LogP contribution in [0.15, 0.2) is 46.9 Å². The Labute approximate surface area is 149 Å². The zero-order chi connectivity index (χ0) is 19.3. The molecule has 0 radical (unpaired) electrons. The molecule has 1 aliphatic rings. The first-order valence-electron chi connectivity index (χ1n) is 8.07. The lowest BCUT2D eigenvalue weighted by molar-refractivity contribution is -0.192. The Hall–Kier alpha value is -2.32. The minimum atomic E-state index is -5.08. The van der Waals surface area contributed by atoms with Crippen LogP contribution in [0.4, 0.5) is 13.2 Å². The van der Waals surface area contributed by atoms with Gasteiger partial charge in [-0.25, -0.2) is 4.79 Å². The summed E-state index contributed by atoms with van der Waals surface area (Å²) in [6, 6.07) is 15.3. The van der Waals surface area contributed by atoms with Crippen molar-refractivity contribution in [1.29, 1.82) is 0 Å². The minimum absolute atomic E-state index is 0.393. The number of carbonyl (C=O) groups is 1. The van der Waals surface area contributed by atoms with Crippen molar-refractivity contribution in [3.8, 4) is 11.3 Å². The lowest BCUT2D eigenvalue weighted by atomic mass is 9.86. The molecule has 0 atom stereocenters. The van der Waals surface area contributed by atoms with E-state index in [2.05, 4.69) is 30.1 Å². The third kappa shape index (κ3) is 5.60. The van der Waals surface area contributed by atoms with E-state index in [0.29, 0.717) is 12.1 Å². The van der Waals surface area contributed by atoms with Crippen LogP contribution >= 0.6 is 0 Å². The number of rotatable bonds is 4. The van der Waals surface area contributed by atoms with Crippen molar-refractivity contribution in [3.05, 3.63) is 48.2 Å². The summed E-state index contributed by atoms with van der Waals surface area (Å²) in [4.78, 5) is 11.2. The molecule has 0 amide bonds. The summed E-state index contributed by atoms with van der Waals surface area (Å²) in [6.45, 7) is 0.851. The molecule has 3 rings (SSSR count). The molecule has 0 spiro atoms. The maximum Gasteiger partial charge on any atom is 0.490 e. The van der Waals surface area contributed by atoms with Crippen molar-refractivity contribution >= 4 is 5.97 Å². The number of nitrogens with two attached hydrogens (primary N) is 1. The molecule has 1 saturated carbocycles. The highest BCUT2D eigenvalue weighted by Crippen LogP contribution is 2.26. The van der Waals surface area contributed by atoms with Crippen molar-refractivity contribution in [2.45, 2.75) is 37.6 Å². The average molecular weight is 370 g/mol. The van der Waals surface area contributed by atoms with Gasteiger partial charge in [0.1, 0.15) is 11.5 Å². The molecule has 0 unspecified atom stereocenters. The van der Waals surface area contributed by atoms with Crippen LogP contribution in [0.1, 0.15) is 18.6 Å². The quantitative estimate of drug-likeness (QED) is 0.861. The highest BCUT2D eigenvalue weighted by molar-refractivity contribution is 5.73. The summed E-state index contributed by atoms with van der Waals surface area (Å²) in [5, 5.41) is 7.12. The van der Waals surface area contributed by atoms with Crippen molar-refractivity contribution in [2.75, 3.05) is 7.05 Å². The molecule has 1 aromatic carbocycles. The molecule has 1 aromatic heterocycles. The summed E-state index contributed by atoms with van der Waals surface area (Å²) >= 11 is 0. The molecule has 2 aromatic rings. The molecule has 8 heteroatoms. The maximum absolute atomic E-state index is 10.6. The van der Waals surface area contributed by atoms with E-state index < -0.39 is 12.1 Å². The van der Waals surface area contributed by atoms with E-state index in [1.54, 1.807) is 0 Å². The lowest BCUT2D eigenvalue weighted by Gasteiger charge is -2.38. The molecular weight excluding hydrogens is 349 g/mol. The molecule has 0 bridgehead atoms. The molecule has 3 N–H and O–H groups in total. The number of furan rings is 1. The number of hydrogen-bond acceptors (Lipinski definition) is 4. The number of halogens is 3. The van der Waals surface area contributed by atoms with Crippen molar-refractivity contribution < 1.29 is 27.5 Å². The topological polar surface area (TPSA) is 79.7 Å². The van der Waals surface area contributed by atoms with Gasteiger partial charge < -0.3 is 15.3 Å². The van der Waals surface area contributed by atoms with Crippen LogP contribution in [0.3, 0.4) is 0 Å². The van der Waals surface area contributed by atoms with Gasteiger partial charge in [0.05, 0.1) is 6.54 Å². The zero-order valence-electron chi connectivity index (χ0n) is 14.2. The van der Waals surface area contributed by atoms with Crippen molar-refractivity contribution in [3.63, 3.8) is 0 Å². The van der Waals surface area contributed by atoms with Crippen LogP contribution in [0.25, 0.3) is 11.3 Å². The summed E-state index contributed by atoms with van der Waals surface area (Å²) in [6.07, 6.45) is -2.88. The second-order valence-corrected chi connectivity index (χ2v) is 6.24. The van der Waals surface area contributed by atoms with Gasteiger partial charge >= 0.3 is 12.1 Å². The second kappa shape index (κ2) is 8.37. The van der Waals surface area contributed by atoms with Gasteiger partial charge in [-0.1, -0.05) is 30.3 Å². The molecule has 26 heavy (non-hydrogen) atoms. The fourth-order valence-electron chi connectivity index (χ4n) is 2.59. The summed E-state index contributed by atoms with van der Waals surface area (Å²) in [5.74, 6) is -0.802. The average Bonchev–Trinajstić information content (AvgIpc) is 3.01. The van der Waals surface area contributed by atoms with Crippen molar-refractivity contribution in [2.24, 2.45) is 5.73 Å². The van der Waals surface area contributed by atoms with E-state index in [-0.39, 0.29) is 0 Å². The van der Waals surface area contributed by atoms with Crippen LogP contribution in [0.5, 0.6) is 0 Å². The van der Waals surface area contributed by atoms with Crippen LogP contribution in [-0.4, -0.2) is 41.3 Å². The van der Waals surface area contributed by atoms with Gasteiger partial charge in [0.15, 0.2) is 0 Å². The predicted octanol–water partition coefficient (Wildman–Crippen LogP) is 3.50. The van der Waals surface area contributed by atoms with Gasteiger partial charge in [0, 0.05) is 17.6 Å². The van der Waals surface area contributed by atoms with Gasteiger partial charge in [-0.15, -0.1) is 0 Å². The van der Waals surface area contributed by atoms with Gasteiger partial charge in [-0.2, -0.15) is 13.2 Å². The van der Waals surface area contributed by atoms with Crippen LogP contribution < -0.4 is 5.73 Å². The number of hydrogen-bond donors (Lipinski definition) is 2. The highest BCUT2D eigenvalue weighted by Gasteiger charge is 2.38. The summed E-state index contributed by atoms with van der Waals surface area (Å²) in [5.41, 5.74) is 6.96. The number of alkyl halides is 3. The van der Waals surface area contributed by atoms with E-state index in [4.69, 9.17) is 20.1 Å². The standard InChI is InChI=1S/C16H20N2O.C2HF3O2/c1-18(14-9-13(17)10-14)11-15-7-8-16(19-15)12-5-3-2-4-6-12;3-2(4,5)1(6)7/h2-8,13-14H,9-11,17H2,1H3;(H,6,7). The third-order valence-electron chi connectivity index (χ3n) is 4.14. The molecule has 0 saturated heterocycles. The fourth-order valence-corrected chi connectivity index (χ4v) is 2.59. The predicted molar refractivity (Wildman–Crippen MR) is 90.3 cm³/mol. The first-order chi connectivity index (χ1) is 12.2. The normalized spacial score (nSPS) is 19.5. The molecule has 1 aliphatic carbocycles. The van der Waals surface area contributed by atoms with E-state index in [1.807, 2.05) is 24.3 Å². The molecule has 1 heterocycles. The number of benzene rings is 1. The van der Waals surface area contributed by atoms with E-state index in [0.717, 1.165) is 36.5 Å². The Morgan fingerprint density at radius 3 is 2.31 bits per heavy atom. The molecule has 0 aliphatic heterocycles. The van der Waals surface area contributed by atoms with E-state index >= 15 is 0 Å². The molecule has 5 nitrogen and oxygen atoms in total. The Morgan fingerprint density at radius 2 is 1.81 bits per heavy atom. The van der Waals surface area contributed by atoms with E-state index in [1.165, 1.54) is 0 Å². The van der Waals surface area contributed by atoms with Crippen LogP contribution in [0.2, 0.25) is 0 Å². The molecular formula is C18H21F3N2O3. The van der Waals surface area contributed by atoms with Gasteiger partial charge in [-0.05, 0) is 32.0 Å². The Balaban J connectivity index is 0.000000298. The largest absolute Gasteiger partial charge is 0.490 e.